The number of hydrogen-bond acceptors (Lipinski definition) is 2. The predicted octanol–water partition coefficient (Wildman–Crippen LogP) is 4.56. The second-order valence-corrected chi connectivity index (χ2v) is 6.21. The summed E-state index contributed by atoms with van der Waals surface area (Å²) in [6.07, 6.45) is 0.348. The molecule has 1 N–H and O–H groups in total. The van der Waals surface area contributed by atoms with Gasteiger partial charge in [-0.25, -0.2) is 4.98 Å². The van der Waals surface area contributed by atoms with Crippen molar-refractivity contribution in [3.63, 3.8) is 0 Å². The molecule has 1 aromatic carbocycles. The van der Waals surface area contributed by atoms with E-state index in [0.29, 0.717) is 30.0 Å². The van der Waals surface area contributed by atoms with Gasteiger partial charge >= 0.3 is 6.18 Å². The van der Waals surface area contributed by atoms with Gasteiger partial charge in [-0.3, -0.25) is 4.79 Å². The van der Waals surface area contributed by atoms with Gasteiger partial charge in [0.05, 0.1) is 23.5 Å². The molecule has 1 atom stereocenters. The first-order valence-corrected chi connectivity index (χ1v) is 8.42. The maximum atomic E-state index is 12.9. The molecule has 7 heteroatoms. The zero-order chi connectivity index (χ0) is 18.0. The smallest absolute Gasteiger partial charge is 0.340 e. The molecule has 1 fully saturated rings. The molecule has 1 unspecified atom stereocenters. The molecule has 0 saturated carbocycles. The van der Waals surface area contributed by atoms with E-state index in [1.165, 1.54) is 12.3 Å². The van der Waals surface area contributed by atoms with Crippen molar-refractivity contribution in [3.05, 3.63) is 41.9 Å². The minimum atomic E-state index is -4.38. The Labute approximate surface area is 144 Å². The normalized spacial score (nSPS) is 18.4. The van der Waals surface area contributed by atoms with Crippen molar-refractivity contribution in [2.75, 3.05) is 6.54 Å². The molecule has 0 bridgehead atoms. The van der Waals surface area contributed by atoms with Crippen LogP contribution in [-0.4, -0.2) is 27.3 Å². The number of halogens is 3. The van der Waals surface area contributed by atoms with E-state index in [2.05, 4.69) is 9.97 Å². The summed E-state index contributed by atoms with van der Waals surface area (Å²) in [5.74, 6) is 0.704. The van der Waals surface area contributed by atoms with Gasteiger partial charge in [0.25, 0.3) is 0 Å². The van der Waals surface area contributed by atoms with E-state index in [1.54, 1.807) is 6.07 Å². The molecule has 1 aliphatic rings. The molecular formula is C18H20F3N3O. The minimum Gasteiger partial charge on any atom is -0.340 e. The van der Waals surface area contributed by atoms with Crippen molar-refractivity contribution >= 4 is 5.91 Å². The Hall–Kier alpha value is -2.31. The maximum absolute atomic E-state index is 12.9. The van der Waals surface area contributed by atoms with Gasteiger partial charge in [-0.1, -0.05) is 19.1 Å². The summed E-state index contributed by atoms with van der Waals surface area (Å²) in [6.45, 7) is 2.52. The molecule has 25 heavy (non-hydrogen) atoms. The highest BCUT2D eigenvalue weighted by Gasteiger charge is 2.31. The van der Waals surface area contributed by atoms with Crippen molar-refractivity contribution in [1.82, 2.24) is 14.9 Å². The number of carbonyl (C=O) groups is 1. The number of imidazole rings is 1. The highest BCUT2D eigenvalue weighted by Crippen LogP contribution is 2.33. The molecule has 4 nitrogen and oxygen atoms in total. The van der Waals surface area contributed by atoms with Crippen LogP contribution in [0.15, 0.2) is 30.5 Å². The van der Waals surface area contributed by atoms with E-state index in [4.69, 9.17) is 0 Å². The van der Waals surface area contributed by atoms with Gasteiger partial charge in [-0.2, -0.15) is 13.2 Å². The Morgan fingerprint density at radius 3 is 2.88 bits per heavy atom. The van der Waals surface area contributed by atoms with Gasteiger partial charge < -0.3 is 9.88 Å². The van der Waals surface area contributed by atoms with Crippen molar-refractivity contribution in [2.24, 2.45) is 0 Å². The first kappa shape index (κ1) is 17.5. The number of alkyl halides is 3. The van der Waals surface area contributed by atoms with Crippen molar-refractivity contribution in [1.29, 1.82) is 0 Å². The monoisotopic (exact) mass is 351 g/mol. The number of nitrogens with zero attached hydrogens (tertiary/aromatic N) is 2. The summed E-state index contributed by atoms with van der Waals surface area (Å²) < 4.78 is 38.7. The molecular weight excluding hydrogens is 331 g/mol. The van der Waals surface area contributed by atoms with Gasteiger partial charge in [0.15, 0.2) is 0 Å². The van der Waals surface area contributed by atoms with E-state index >= 15 is 0 Å². The Morgan fingerprint density at radius 1 is 1.36 bits per heavy atom. The average molecular weight is 351 g/mol. The second-order valence-electron chi connectivity index (χ2n) is 6.21. The third-order valence-electron chi connectivity index (χ3n) is 4.54. The molecule has 134 valence electrons. The average Bonchev–Trinajstić information content (AvgIpc) is 3.10. The molecule has 3 rings (SSSR count). The van der Waals surface area contributed by atoms with Crippen LogP contribution < -0.4 is 0 Å². The van der Waals surface area contributed by atoms with Crippen LogP contribution in [0, 0.1) is 0 Å². The molecule has 2 heterocycles. The summed E-state index contributed by atoms with van der Waals surface area (Å²) in [6, 6.07) is 5.01. The van der Waals surface area contributed by atoms with Gasteiger partial charge in [0.2, 0.25) is 5.91 Å². The number of H-pyrrole nitrogens is 1. The van der Waals surface area contributed by atoms with E-state index in [0.717, 1.165) is 31.4 Å². The molecule has 1 amide bonds. The van der Waals surface area contributed by atoms with Gasteiger partial charge in [0, 0.05) is 18.5 Å². The number of hydrogen-bond donors (Lipinski definition) is 1. The number of nitrogens with one attached hydrogen (secondary N) is 1. The van der Waals surface area contributed by atoms with E-state index in [1.807, 2.05) is 11.8 Å². The Balaban J connectivity index is 1.88. The van der Waals surface area contributed by atoms with Gasteiger partial charge in [-0.15, -0.1) is 0 Å². The van der Waals surface area contributed by atoms with Crippen LogP contribution in [0.25, 0.3) is 11.3 Å². The fraction of sp³-hybridized carbons (Fsp3) is 0.444. The minimum absolute atomic E-state index is 0.0710. The largest absolute Gasteiger partial charge is 0.416 e. The van der Waals surface area contributed by atoms with Crippen molar-refractivity contribution < 1.29 is 18.0 Å². The highest BCUT2D eigenvalue weighted by molar-refractivity contribution is 5.76. The predicted molar refractivity (Wildman–Crippen MR) is 87.6 cm³/mol. The van der Waals surface area contributed by atoms with E-state index in [-0.39, 0.29) is 11.9 Å². The summed E-state index contributed by atoms with van der Waals surface area (Å²) in [4.78, 5) is 21.4. The van der Waals surface area contributed by atoms with Gasteiger partial charge in [-0.05, 0) is 31.4 Å². The van der Waals surface area contributed by atoms with Crippen LogP contribution in [0.3, 0.4) is 0 Å². The number of aromatic nitrogens is 2. The Bertz CT molecular complexity index is 754. The lowest BCUT2D eigenvalue weighted by Gasteiger charge is -2.34. The number of benzene rings is 1. The third kappa shape index (κ3) is 3.70. The Kier molecular flexibility index (Phi) is 4.83. The topological polar surface area (TPSA) is 49.0 Å². The number of piperidine rings is 1. The standard InChI is InChI=1S/C18H20F3N3O/c1-2-16(25)24-9-4-3-8-15(24)17-22-11-14(23-17)12-6-5-7-13(10-12)18(19,20)21/h5-7,10-11,15H,2-4,8-9H2,1H3,(H,22,23). The maximum Gasteiger partial charge on any atom is 0.416 e. The van der Waals surface area contributed by atoms with Crippen LogP contribution >= 0.6 is 0 Å². The number of amides is 1. The summed E-state index contributed by atoms with van der Waals surface area (Å²) in [5, 5.41) is 0. The molecule has 1 aromatic heterocycles. The third-order valence-corrected chi connectivity index (χ3v) is 4.54. The first-order valence-electron chi connectivity index (χ1n) is 8.42. The highest BCUT2D eigenvalue weighted by atomic mass is 19.4. The van der Waals surface area contributed by atoms with Gasteiger partial charge in [0.1, 0.15) is 5.82 Å². The molecule has 0 aliphatic carbocycles. The zero-order valence-electron chi connectivity index (χ0n) is 13.9. The van der Waals surface area contributed by atoms with Crippen LogP contribution in [0.1, 0.15) is 50.0 Å². The van der Waals surface area contributed by atoms with E-state index in [9.17, 15) is 18.0 Å². The van der Waals surface area contributed by atoms with Crippen LogP contribution in [0.2, 0.25) is 0 Å². The SMILES string of the molecule is CCC(=O)N1CCCCC1c1ncc(-c2cccc(C(F)(F)F)c2)[nH]1. The first-order chi connectivity index (χ1) is 11.9. The quantitative estimate of drug-likeness (QED) is 0.881. The summed E-state index contributed by atoms with van der Waals surface area (Å²) >= 11 is 0. The number of aromatic amines is 1. The second kappa shape index (κ2) is 6.90. The fourth-order valence-electron chi connectivity index (χ4n) is 3.23. The van der Waals surface area contributed by atoms with Crippen molar-refractivity contribution in [2.45, 2.75) is 44.8 Å². The number of rotatable bonds is 3. The Morgan fingerprint density at radius 2 is 2.16 bits per heavy atom. The van der Waals surface area contributed by atoms with Crippen LogP contribution in [0.4, 0.5) is 13.2 Å². The molecule has 2 aromatic rings. The zero-order valence-corrected chi connectivity index (χ0v) is 13.9. The number of likely N-dealkylation sites (tertiary alicyclic amines) is 1. The van der Waals surface area contributed by atoms with Crippen molar-refractivity contribution in [3.8, 4) is 11.3 Å². The fourth-order valence-corrected chi connectivity index (χ4v) is 3.23. The molecule has 1 saturated heterocycles. The molecule has 1 aliphatic heterocycles. The van der Waals surface area contributed by atoms with Crippen LogP contribution in [-0.2, 0) is 11.0 Å². The lowest BCUT2D eigenvalue weighted by Crippen LogP contribution is -2.38. The lowest BCUT2D eigenvalue weighted by atomic mass is 10.0. The summed E-state index contributed by atoms with van der Waals surface area (Å²) in [7, 11) is 0. The number of carbonyl (C=O) groups excluding carboxylic acids is 1. The molecule has 0 spiro atoms. The lowest BCUT2D eigenvalue weighted by molar-refractivity contribution is -0.137. The summed E-state index contributed by atoms with van der Waals surface area (Å²) in [5.41, 5.74) is 0.259. The van der Waals surface area contributed by atoms with E-state index < -0.39 is 11.7 Å². The molecule has 0 radical (unpaired) electrons. The van der Waals surface area contributed by atoms with Crippen LogP contribution in [0.5, 0.6) is 0 Å².